The number of aliphatic hydroxyl groups excluding tert-OH is 1. The van der Waals surface area contributed by atoms with Gasteiger partial charge in [-0.25, -0.2) is 0 Å². The van der Waals surface area contributed by atoms with Gasteiger partial charge < -0.3 is 29.0 Å². The summed E-state index contributed by atoms with van der Waals surface area (Å²) in [6.07, 6.45) is 3.23. The molecule has 1 amide bonds. The summed E-state index contributed by atoms with van der Waals surface area (Å²) in [5, 5.41) is 11.5. The van der Waals surface area contributed by atoms with Crippen LogP contribution in [0.5, 0.6) is 23.0 Å². The Bertz CT molecular complexity index is 1360. The summed E-state index contributed by atoms with van der Waals surface area (Å²) in [6, 6.07) is 12.8. The van der Waals surface area contributed by atoms with E-state index in [1.165, 1.54) is 26.2 Å². The number of pyridine rings is 1. The molecule has 0 spiro atoms. The van der Waals surface area contributed by atoms with E-state index in [2.05, 4.69) is 4.98 Å². The Hall–Kier alpha value is -4.53. The highest BCUT2D eigenvalue weighted by Crippen LogP contribution is 2.46. The fourth-order valence-electron chi connectivity index (χ4n) is 4.49. The van der Waals surface area contributed by atoms with Gasteiger partial charge in [0.05, 0.1) is 39.6 Å². The third-order valence-corrected chi connectivity index (χ3v) is 6.34. The van der Waals surface area contributed by atoms with Gasteiger partial charge >= 0.3 is 0 Å². The van der Waals surface area contributed by atoms with Crippen LogP contribution in [0.4, 0.5) is 0 Å². The first-order valence-electron chi connectivity index (χ1n) is 12.5. The van der Waals surface area contributed by atoms with Crippen LogP contribution in [0, 0.1) is 5.92 Å². The summed E-state index contributed by atoms with van der Waals surface area (Å²) in [5.74, 6) is 0.0806. The first kappa shape index (κ1) is 27.5. The Kier molecular flexibility index (Phi) is 8.39. The Morgan fingerprint density at radius 3 is 2.23 bits per heavy atom. The summed E-state index contributed by atoms with van der Waals surface area (Å²) < 4.78 is 22.3. The minimum absolute atomic E-state index is 0.0515. The lowest BCUT2D eigenvalue weighted by atomic mass is 9.94. The van der Waals surface area contributed by atoms with Gasteiger partial charge in [0.25, 0.3) is 11.7 Å². The number of likely N-dealkylation sites (tertiary alicyclic amines) is 1. The molecule has 9 nitrogen and oxygen atoms in total. The molecule has 1 fully saturated rings. The van der Waals surface area contributed by atoms with Gasteiger partial charge in [0.15, 0.2) is 11.5 Å². The van der Waals surface area contributed by atoms with E-state index in [4.69, 9.17) is 18.9 Å². The first-order chi connectivity index (χ1) is 18.8. The second-order valence-electron chi connectivity index (χ2n) is 9.47. The molecule has 9 heteroatoms. The van der Waals surface area contributed by atoms with Crippen molar-refractivity contribution >= 4 is 17.4 Å². The summed E-state index contributed by atoms with van der Waals surface area (Å²) in [7, 11) is 4.46. The smallest absolute Gasteiger partial charge is 0.295 e. The van der Waals surface area contributed by atoms with Crippen LogP contribution in [-0.2, 0) is 16.1 Å². The van der Waals surface area contributed by atoms with Crippen LogP contribution < -0.4 is 18.9 Å². The topological polar surface area (TPSA) is 107 Å². The first-order valence-corrected chi connectivity index (χ1v) is 12.5. The Morgan fingerprint density at radius 2 is 1.64 bits per heavy atom. The van der Waals surface area contributed by atoms with Crippen molar-refractivity contribution in [2.45, 2.75) is 26.4 Å². The average Bonchev–Trinajstić information content (AvgIpc) is 3.20. The number of Topliss-reactive ketones (excluding diaryl/α,β-unsaturated/α-hetero) is 1. The van der Waals surface area contributed by atoms with Crippen molar-refractivity contribution < 1.29 is 33.6 Å². The predicted octanol–water partition coefficient (Wildman–Crippen LogP) is 4.76. The summed E-state index contributed by atoms with van der Waals surface area (Å²) in [4.78, 5) is 32.4. The molecule has 1 aromatic heterocycles. The molecule has 0 saturated carbocycles. The van der Waals surface area contributed by atoms with Crippen molar-refractivity contribution in [2.24, 2.45) is 5.92 Å². The van der Waals surface area contributed by atoms with Crippen LogP contribution in [0.2, 0.25) is 0 Å². The van der Waals surface area contributed by atoms with E-state index < -0.39 is 17.7 Å². The highest BCUT2D eigenvalue weighted by atomic mass is 16.5. The molecule has 3 aromatic rings. The van der Waals surface area contributed by atoms with Crippen molar-refractivity contribution in [3.05, 3.63) is 83.2 Å². The molecule has 2 heterocycles. The van der Waals surface area contributed by atoms with Gasteiger partial charge in [-0.1, -0.05) is 26.0 Å². The van der Waals surface area contributed by atoms with Crippen molar-refractivity contribution in [1.82, 2.24) is 9.88 Å². The standard InChI is InChI=1S/C30H32N2O7/c1-18(2)17-39-22-8-6-7-20(13-22)27(33)25-26(21-14-23(36-3)29(38-5)24(15-21)37-4)32(30(35)28(25)34)16-19-9-11-31-12-10-19/h6-15,18,26,33H,16-17H2,1-5H3/b27-25+. The van der Waals surface area contributed by atoms with Crippen molar-refractivity contribution in [3.8, 4) is 23.0 Å². The monoisotopic (exact) mass is 532 g/mol. The number of nitrogens with zero attached hydrogens (tertiary/aromatic N) is 2. The van der Waals surface area contributed by atoms with Crippen molar-refractivity contribution in [3.63, 3.8) is 0 Å². The van der Waals surface area contributed by atoms with E-state index >= 15 is 0 Å². The van der Waals surface area contributed by atoms with Crippen LogP contribution in [0.25, 0.3) is 5.76 Å². The molecule has 1 aliphatic heterocycles. The highest BCUT2D eigenvalue weighted by molar-refractivity contribution is 6.46. The van der Waals surface area contributed by atoms with E-state index in [0.717, 1.165) is 5.56 Å². The molecule has 39 heavy (non-hydrogen) atoms. The van der Waals surface area contributed by atoms with Gasteiger partial charge in [0.1, 0.15) is 11.5 Å². The zero-order valence-corrected chi connectivity index (χ0v) is 22.6. The lowest BCUT2D eigenvalue weighted by Crippen LogP contribution is -2.29. The zero-order chi connectivity index (χ0) is 28.1. The van der Waals surface area contributed by atoms with Crippen LogP contribution in [0.1, 0.15) is 36.6 Å². The molecular weight excluding hydrogens is 500 g/mol. The van der Waals surface area contributed by atoms with Gasteiger partial charge in [-0.15, -0.1) is 0 Å². The lowest BCUT2D eigenvalue weighted by Gasteiger charge is -2.26. The maximum Gasteiger partial charge on any atom is 0.295 e. The van der Waals surface area contributed by atoms with Crippen molar-refractivity contribution in [2.75, 3.05) is 27.9 Å². The Balaban J connectivity index is 1.89. The van der Waals surface area contributed by atoms with E-state index in [1.54, 1.807) is 60.9 Å². The van der Waals surface area contributed by atoms with Crippen LogP contribution in [0.3, 0.4) is 0 Å². The Morgan fingerprint density at radius 1 is 0.974 bits per heavy atom. The number of ether oxygens (including phenoxy) is 4. The lowest BCUT2D eigenvalue weighted by molar-refractivity contribution is -0.140. The number of aromatic nitrogens is 1. The SMILES string of the molecule is COc1cc(C2/C(=C(\O)c3cccc(OCC(C)C)c3)C(=O)C(=O)N2Cc2ccncc2)cc(OC)c1OC. The quantitative estimate of drug-likeness (QED) is 0.226. The second kappa shape index (κ2) is 11.9. The largest absolute Gasteiger partial charge is 0.507 e. The van der Waals surface area contributed by atoms with Crippen LogP contribution in [0.15, 0.2) is 66.5 Å². The normalized spacial score (nSPS) is 16.5. The van der Waals surface area contributed by atoms with Crippen LogP contribution in [-0.4, -0.2) is 54.6 Å². The molecular formula is C30H32N2O7. The summed E-state index contributed by atoms with van der Waals surface area (Å²) in [5.41, 5.74) is 1.58. The summed E-state index contributed by atoms with van der Waals surface area (Å²) in [6.45, 7) is 4.67. The van der Waals surface area contributed by atoms with E-state index in [9.17, 15) is 14.7 Å². The molecule has 2 aromatic carbocycles. The third kappa shape index (κ3) is 5.67. The highest BCUT2D eigenvalue weighted by Gasteiger charge is 2.46. The van der Waals surface area contributed by atoms with E-state index in [-0.39, 0.29) is 17.9 Å². The number of methoxy groups -OCH3 is 3. The van der Waals surface area contributed by atoms with Gasteiger partial charge in [0.2, 0.25) is 5.75 Å². The fraction of sp³-hybridized carbons (Fsp3) is 0.300. The number of aliphatic hydroxyl groups is 1. The zero-order valence-electron chi connectivity index (χ0n) is 22.6. The molecule has 0 aliphatic carbocycles. The molecule has 1 saturated heterocycles. The summed E-state index contributed by atoms with van der Waals surface area (Å²) >= 11 is 0. The Labute approximate surface area is 227 Å². The van der Waals surface area contributed by atoms with Gasteiger partial charge in [-0.3, -0.25) is 14.6 Å². The maximum absolute atomic E-state index is 13.5. The molecule has 4 rings (SSSR count). The van der Waals surface area contributed by atoms with Gasteiger partial charge in [-0.05, 0) is 53.4 Å². The predicted molar refractivity (Wildman–Crippen MR) is 145 cm³/mol. The third-order valence-electron chi connectivity index (χ3n) is 6.34. The second-order valence-corrected chi connectivity index (χ2v) is 9.47. The molecule has 0 bridgehead atoms. The number of amides is 1. The molecule has 1 aliphatic rings. The molecule has 0 radical (unpaired) electrons. The van der Waals surface area contributed by atoms with E-state index in [1.807, 2.05) is 13.8 Å². The fourth-order valence-corrected chi connectivity index (χ4v) is 4.49. The van der Waals surface area contributed by atoms with Crippen molar-refractivity contribution in [1.29, 1.82) is 0 Å². The number of ketones is 1. The minimum atomic E-state index is -0.938. The number of rotatable bonds is 10. The van der Waals surface area contributed by atoms with E-state index in [0.29, 0.717) is 46.6 Å². The number of carbonyl (C=O) groups is 2. The van der Waals surface area contributed by atoms with Gasteiger partial charge in [-0.2, -0.15) is 0 Å². The minimum Gasteiger partial charge on any atom is -0.507 e. The number of hydrogen-bond acceptors (Lipinski definition) is 8. The maximum atomic E-state index is 13.5. The van der Waals surface area contributed by atoms with Crippen LogP contribution >= 0.6 is 0 Å². The molecule has 1 atom stereocenters. The number of carbonyl (C=O) groups excluding carboxylic acids is 2. The average molecular weight is 533 g/mol. The number of hydrogen-bond donors (Lipinski definition) is 1. The van der Waals surface area contributed by atoms with Gasteiger partial charge in [0, 0.05) is 24.5 Å². The molecule has 204 valence electrons. The molecule has 1 unspecified atom stereocenters. The molecule has 1 N–H and O–H groups in total. The number of benzene rings is 2.